The summed E-state index contributed by atoms with van der Waals surface area (Å²) in [7, 11) is 0. The lowest BCUT2D eigenvalue weighted by atomic mass is 10.2. The number of rotatable bonds is 5. The highest BCUT2D eigenvalue weighted by atomic mass is 35.5. The van der Waals surface area contributed by atoms with Crippen molar-refractivity contribution < 1.29 is 14.5 Å². The Labute approximate surface area is 138 Å². The fourth-order valence-corrected chi connectivity index (χ4v) is 2.11. The number of hydrogen-bond acceptors (Lipinski definition) is 4. The summed E-state index contributed by atoms with van der Waals surface area (Å²) in [6.07, 6.45) is -0.783. The zero-order valence-corrected chi connectivity index (χ0v) is 13.3. The maximum absolute atomic E-state index is 12.1. The van der Waals surface area contributed by atoms with E-state index in [1.54, 1.807) is 50.2 Å². The van der Waals surface area contributed by atoms with Gasteiger partial charge in [-0.3, -0.25) is 14.9 Å². The molecule has 1 atom stereocenters. The van der Waals surface area contributed by atoms with Gasteiger partial charge >= 0.3 is 0 Å². The number of aryl methyl sites for hydroxylation is 1. The molecule has 0 aliphatic carbocycles. The Morgan fingerprint density at radius 2 is 2.04 bits per heavy atom. The van der Waals surface area contributed by atoms with Crippen LogP contribution in [0.2, 0.25) is 5.02 Å². The van der Waals surface area contributed by atoms with Crippen LogP contribution in [0.1, 0.15) is 12.5 Å². The number of anilines is 1. The number of nitrogens with one attached hydrogen (secondary N) is 1. The van der Waals surface area contributed by atoms with Crippen LogP contribution in [0.4, 0.5) is 11.4 Å². The largest absolute Gasteiger partial charge is 0.481 e. The molecular weight excluding hydrogens is 320 g/mol. The maximum atomic E-state index is 12.1. The quantitative estimate of drug-likeness (QED) is 0.662. The summed E-state index contributed by atoms with van der Waals surface area (Å²) in [5.41, 5.74) is 0.816. The van der Waals surface area contributed by atoms with E-state index in [9.17, 15) is 14.9 Å². The van der Waals surface area contributed by atoms with Crippen molar-refractivity contribution in [2.75, 3.05) is 5.32 Å². The van der Waals surface area contributed by atoms with Gasteiger partial charge in [-0.2, -0.15) is 0 Å². The first-order valence-corrected chi connectivity index (χ1v) is 7.23. The Balaban J connectivity index is 2.06. The third kappa shape index (κ3) is 4.43. The normalized spacial score (nSPS) is 11.6. The molecule has 7 heteroatoms. The van der Waals surface area contributed by atoms with Crippen LogP contribution in [0.5, 0.6) is 5.75 Å². The number of hydrogen-bond donors (Lipinski definition) is 1. The van der Waals surface area contributed by atoms with Crippen LogP contribution in [0, 0.1) is 17.0 Å². The summed E-state index contributed by atoms with van der Waals surface area (Å²) >= 11 is 5.86. The second kappa shape index (κ2) is 7.11. The van der Waals surface area contributed by atoms with Gasteiger partial charge in [-0.25, -0.2) is 0 Å². The van der Waals surface area contributed by atoms with Gasteiger partial charge in [0, 0.05) is 22.3 Å². The Bertz CT molecular complexity index is 749. The monoisotopic (exact) mass is 334 g/mol. The Morgan fingerprint density at radius 1 is 1.30 bits per heavy atom. The van der Waals surface area contributed by atoms with Crippen molar-refractivity contribution in [3.63, 3.8) is 0 Å². The molecule has 0 saturated heterocycles. The zero-order valence-electron chi connectivity index (χ0n) is 12.6. The molecule has 1 amide bonds. The lowest BCUT2D eigenvalue weighted by molar-refractivity contribution is -0.385. The highest BCUT2D eigenvalue weighted by Crippen LogP contribution is 2.23. The molecule has 0 saturated carbocycles. The molecule has 2 aromatic rings. The third-order valence-electron chi connectivity index (χ3n) is 3.15. The summed E-state index contributed by atoms with van der Waals surface area (Å²) in [5, 5.41) is 14.0. The number of carbonyl (C=O) groups is 1. The van der Waals surface area contributed by atoms with Crippen molar-refractivity contribution in [1.82, 2.24) is 0 Å². The fraction of sp³-hybridized carbons (Fsp3) is 0.188. The van der Waals surface area contributed by atoms with E-state index in [4.69, 9.17) is 16.3 Å². The molecule has 1 N–H and O–H groups in total. The molecule has 0 bridgehead atoms. The van der Waals surface area contributed by atoms with Gasteiger partial charge in [0.2, 0.25) is 0 Å². The van der Waals surface area contributed by atoms with Gasteiger partial charge in [-0.05, 0) is 38.1 Å². The Kier molecular flexibility index (Phi) is 5.18. The van der Waals surface area contributed by atoms with Crippen LogP contribution in [-0.4, -0.2) is 16.9 Å². The lowest BCUT2D eigenvalue weighted by Crippen LogP contribution is -2.30. The SMILES string of the molecule is Cc1ccc(NC(=O)[C@H](C)Oc2cccc(Cl)c2)cc1[N+](=O)[O-]. The molecule has 23 heavy (non-hydrogen) atoms. The van der Waals surface area contributed by atoms with Crippen LogP contribution in [0.25, 0.3) is 0 Å². The topological polar surface area (TPSA) is 81.5 Å². The lowest BCUT2D eigenvalue weighted by Gasteiger charge is -2.15. The first kappa shape index (κ1) is 16.8. The van der Waals surface area contributed by atoms with Crippen molar-refractivity contribution in [2.45, 2.75) is 20.0 Å². The van der Waals surface area contributed by atoms with Crippen LogP contribution in [0.3, 0.4) is 0 Å². The highest BCUT2D eigenvalue weighted by Gasteiger charge is 2.17. The number of nitro benzene ring substituents is 1. The average Bonchev–Trinajstić information content (AvgIpc) is 2.48. The van der Waals surface area contributed by atoms with Crippen molar-refractivity contribution in [3.8, 4) is 5.75 Å². The molecule has 0 heterocycles. The molecule has 0 aliphatic heterocycles. The van der Waals surface area contributed by atoms with Gasteiger partial charge < -0.3 is 10.1 Å². The van der Waals surface area contributed by atoms with E-state index in [1.807, 2.05) is 0 Å². The predicted molar refractivity (Wildman–Crippen MR) is 88.0 cm³/mol. The van der Waals surface area contributed by atoms with Crippen LogP contribution in [0.15, 0.2) is 42.5 Å². The van der Waals surface area contributed by atoms with Crippen molar-refractivity contribution in [3.05, 3.63) is 63.2 Å². The molecule has 0 aliphatic rings. The molecule has 2 rings (SSSR count). The second-order valence-corrected chi connectivity index (χ2v) is 5.40. The first-order valence-electron chi connectivity index (χ1n) is 6.85. The van der Waals surface area contributed by atoms with Gasteiger partial charge in [-0.15, -0.1) is 0 Å². The highest BCUT2D eigenvalue weighted by molar-refractivity contribution is 6.30. The predicted octanol–water partition coefficient (Wildman–Crippen LogP) is 3.96. The van der Waals surface area contributed by atoms with Crippen molar-refractivity contribution in [1.29, 1.82) is 0 Å². The standard InChI is InChI=1S/C16H15ClN2O4/c1-10-6-7-13(9-15(10)19(21)22)18-16(20)11(2)23-14-5-3-4-12(17)8-14/h3-9,11H,1-2H3,(H,18,20)/t11-/m0/s1. The van der Waals surface area contributed by atoms with Gasteiger partial charge in [0.25, 0.3) is 11.6 Å². The minimum Gasteiger partial charge on any atom is -0.481 e. The molecule has 0 spiro atoms. The number of nitro groups is 1. The molecule has 0 aromatic heterocycles. The van der Waals surface area contributed by atoms with Crippen LogP contribution >= 0.6 is 11.6 Å². The number of nitrogens with zero attached hydrogens (tertiary/aromatic N) is 1. The van der Waals surface area contributed by atoms with E-state index in [0.29, 0.717) is 22.0 Å². The summed E-state index contributed by atoms with van der Waals surface area (Å²) < 4.78 is 5.50. The van der Waals surface area contributed by atoms with E-state index in [-0.39, 0.29) is 5.69 Å². The number of ether oxygens (including phenoxy) is 1. The molecule has 0 fully saturated rings. The number of benzene rings is 2. The summed E-state index contributed by atoms with van der Waals surface area (Å²) in [6.45, 7) is 3.22. The second-order valence-electron chi connectivity index (χ2n) is 4.97. The van der Waals surface area contributed by atoms with Crippen LogP contribution < -0.4 is 10.1 Å². The minimum atomic E-state index is -0.783. The fourth-order valence-electron chi connectivity index (χ4n) is 1.93. The van der Waals surface area contributed by atoms with E-state index in [1.165, 1.54) is 6.07 Å². The zero-order chi connectivity index (χ0) is 17.0. The van der Waals surface area contributed by atoms with Gasteiger partial charge in [0.05, 0.1) is 4.92 Å². The van der Waals surface area contributed by atoms with Crippen LogP contribution in [-0.2, 0) is 4.79 Å². The molecule has 0 unspecified atom stereocenters. The number of halogens is 1. The molecule has 6 nitrogen and oxygen atoms in total. The molecule has 2 aromatic carbocycles. The number of carbonyl (C=O) groups excluding carboxylic acids is 1. The van der Waals surface area contributed by atoms with Gasteiger partial charge in [0.15, 0.2) is 6.10 Å². The maximum Gasteiger partial charge on any atom is 0.274 e. The van der Waals surface area contributed by atoms with E-state index < -0.39 is 16.9 Å². The number of amides is 1. The van der Waals surface area contributed by atoms with Crippen molar-refractivity contribution >= 4 is 28.9 Å². The summed E-state index contributed by atoms with van der Waals surface area (Å²) in [6, 6.07) is 11.2. The van der Waals surface area contributed by atoms with E-state index in [2.05, 4.69) is 5.32 Å². The average molecular weight is 335 g/mol. The van der Waals surface area contributed by atoms with Gasteiger partial charge in [-0.1, -0.05) is 23.7 Å². The van der Waals surface area contributed by atoms with E-state index >= 15 is 0 Å². The Hall–Kier alpha value is -2.60. The first-order chi connectivity index (χ1) is 10.9. The van der Waals surface area contributed by atoms with Gasteiger partial charge in [0.1, 0.15) is 5.75 Å². The smallest absolute Gasteiger partial charge is 0.274 e. The van der Waals surface area contributed by atoms with Crippen molar-refractivity contribution in [2.24, 2.45) is 0 Å². The Morgan fingerprint density at radius 3 is 2.70 bits per heavy atom. The van der Waals surface area contributed by atoms with E-state index in [0.717, 1.165) is 0 Å². The molecule has 0 radical (unpaired) electrons. The summed E-state index contributed by atoms with van der Waals surface area (Å²) in [5.74, 6) is 0.0539. The minimum absolute atomic E-state index is 0.0498. The third-order valence-corrected chi connectivity index (χ3v) is 3.39. The molecular formula is C16H15ClN2O4. The molecule has 120 valence electrons. The summed E-state index contributed by atoms with van der Waals surface area (Å²) in [4.78, 5) is 22.6.